The molecule has 2 aromatic rings. The van der Waals surface area contributed by atoms with Crippen molar-refractivity contribution in [3.05, 3.63) is 75.2 Å². The summed E-state index contributed by atoms with van der Waals surface area (Å²) in [5.74, 6) is -0.215. The van der Waals surface area contributed by atoms with Gasteiger partial charge in [0.15, 0.2) is 5.78 Å². The second-order valence-corrected chi connectivity index (χ2v) is 6.96. The predicted octanol–water partition coefficient (Wildman–Crippen LogP) is 4.58. The Labute approximate surface area is 154 Å². The van der Waals surface area contributed by atoms with Gasteiger partial charge < -0.3 is 5.32 Å². The van der Waals surface area contributed by atoms with Gasteiger partial charge in [0.25, 0.3) is 11.6 Å². The highest BCUT2D eigenvalue weighted by molar-refractivity contribution is 8.03. The summed E-state index contributed by atoms with van der Waals surface area (Å²) >= 11 is 1.47. The lowest BCUT2D eigenvalue weighted by Gasteiger charge is -2.14. The average Bonchev–Trinajstić information content (AvgIpc) is 2.63. The number of amides is 1. The summed E-state index contributed by atoms with van der Waals surface area (Å²) in [5, 5.41) is 13.5. The molecule has 0 aromatic heterocycles. The van der Waals surface area contributed by atoms with Crippen molar-refractivity contribution >= 4 is 34.8 Å². The van der Waals surface area contributed by atoms with Crippen LogP contribution in [0.4, 0.5) is 11.4 Å². The predicted molar refractivity (Wildman–Crippen MR) is 100 cm³/mol. The van der Waals surface area contributed by atoms with E-state index in [1.807, 2.05) is 18.2 Å². The van der Waals surface area contributed by atoms with Gasteiger partial charge >= 0.3 is 0 Å². The molecule has 0 fully saturated rings. The molecule has 0 saturated carbocycles. The van der Waals surface area contributed by atoms with Crippen LogP contribution in [-0.4, -0.2) is 16.6 Å². The van der Waals surface area contributed by atoms with Crippen molar-refractivity contribution in [1.29, 1.82) is 0 Å². The Morgan fingerprint density at radius 3 is 2.50 bits per heavy atom. The number of para-hydroxylation sites is 1. The first-order valence-corrected chi connectivity index (χ1v) is 8.90. The minimum absolute atomic E-state index is 0.0635. The number of nitro benzene ring substituents is 1. The molecule has 0 heterocycles. The number of carbonyl (C=O) groups is 2. The minimum Gasteiger partial charge on any atom is -0.321 e. The lowest BCUT2D eigenvalue weighted by atomic mass is 10.1. The molecule has 0 atom stereocenters. The highest BCUT2D eigenvalue weighted by atomic mass is 32.2. The van der Waals surface area contributed by atoms with Crippen molar-refractivity contribution in [2.45, 2.75) is 24.2 Å². The van der Waals surface area contributed by atoms with Crippen LogP contribution < -0.4 is 5.32 Å². The molecule has 6 nitrogen and oxygen atoms in total. The van der Waals surface area contributed by atoms with Crippen LogP contribution in [0.3, 0.4) is 0 Å². The number of thioether (sulfide) groups is 1. The summed E-state index contributed by atoms with van der Waals surface area (Å²) in [7, 11) is 0. The van der Waals surface area contributed by atoms with E-state index in [9.17, 15) is 19.7 Å². The molecule has 3 rings (SSSR count). The Morgan fingerprint density at radius 2 is 1.81 bits per heavy atom. The maximum atomic E-state index is 12.4. The zero-order chi connectivity index (χ0) is 18.5. The third-order valence-electron chi connectivity index (χ3n) is 3.88. The average molecular weight is 368 g/mol. The van der Waals surface area contributed by atoms with E-state index < -0.39 is 4.92 Å². The minimum atomic E-state index is -0.507. The highest BCUT2D eigenvalue weighted by Crippen LogP contribution is 2.36. The van der Waals surface area contributed by atoms with Gasteiger partial charge in [-0.2, -0.15) is 0 Å². The van der Waals surface area contributed by atoms with Gasteiger partial charge in [-0.25, -0.2) is 0 Å². The number of anilines is 1. The number of allylic oxidation sites excluding steroid dienone is 2. The number of nitrogens with one attached hydrogen (secondary N) is 1. The molecule has 1 N–H and O–H groups in total. The van der Waals surface area contributed by atoms with Gasteiger partial charge in [0.05, 0.1) is 10.6 Å². The van der Waals surface area contributed by atoms with Crippen molar-refractivity contribution in [1.82, 2.24) is 0 Å². The summed E-state index contributed by atoms with van der Waals surface area (Å²) in [6.07, 6.45) is 3.95. The van der Waals surface area contributed by atoms with E-state index in [0.717, 1.165) is 22.6 Å². The quantitative estimate of drug-likeness (QED) is 0.616. The smallest absolute Gasteiger partial charge is 0.269 e. The Balaban J connectivity index is 1.76. The molecular formula is C19H16N2O4S. The molecule has 1 aliphatic rings. The molecule has 0 saturated heterocycles. The number of hydrogen-bond acceptors (Lipinski definition) is 5. The zero-order valence-corrected chi connectivity index (χ0v) is 14.6. The number of hydrogen-bond donors (Lipinski definition) is 1. The van der Waals surface area contributed by atoms with Gasteiger partial charge in [0.2, 0.25) is 0 Å². The molecule has 2 aromatic carbocycles. The third kappa shape index (κ3) is 4.37. The fraction of sp³-hybridized carbons (Fsp3) is 0.158. The molecule has 0 bridgehead atoms. The molecule has 1 amide bonds. The number of rotatable bonds is 5. The van der Waals surface area contributed by atoms with E-state index >= 15 is 0 Å². The normalized spacial score (nSPS) is 13.8. The van der Waals surface area contributed by atoms with E-state index in [0.29, 0.717) is 17.7 Å². The Kier molecular flexibility index (Phi) is 5.48. The summed E-state index contributed by atoms with van der Waals surface area (Å²) in [6.45, 7) is 0. The monoisotopic (exact) mass is 368 g/mol. The number of ketones is 1. The van der Waals surface area contributed by atoms with Crippen molar-refractivity contribution in [2.24, 2.45) is 0 Å². The standard InChI is InChI=1S/C19H16N2O4S/c22-15-4-3-5-16(12-15)26-18-7-2-1-6-17(18)20-19(23)13-8-10-14(11-9-13)21(24)25/h1-2,6-12H,3-5H2,(H,20,23). The SMILES string of the molecule is O=C1C=C(Sc2ccccc2NC(=O)c2ccc([N+](=O)[O-])cc2)CCC1. The van der Waals surface area contributed by atoms with Gasteiger partial charge in [0, 0.05) is 29.0 Å². The Bertz CT molecular complexity index is 891. The first-order chi connectivity index (χ1) is 12.5. The first kappa shape index (κ1) is 17.9. The van der Waals surface area contributed by atoms with E-state index in [1.54, 1.807) is 12.1 Å². The van der Waals surface area contributed by atoms with Crippen LogP contribution >= 0.6 is 11.8 Å². The number of non-ortho nitro benzene ring substituents is 1. The molecule has 26 heavy (non-hydrogen) atoms. The van der Waals surface area contributed by atoms with Crippen LogP contribution in [0.15, 0.2) is 64.4 Å². The number of benzene rings is 2. The van der Waals surface area contributed by atoms with Crippen molar-refractivity contribution in [3.63, 3.8) is 0 Å². The first-order valence-electron chi connectivity index (χ1n) is 8.09. The van der Waals surface area contributed by atoms with Crippen LogP contribution in [0.2, 0.25) is 0 Å². The van der Waals surface area contributed by atoms with Crippen LogP contribution in [0.5, 0.6) is 0 Å². The lowest BCUT2D eigenvalue weighted by Crippen LogP contribution is -2.12. The molecule has 0 aliphatic heterocycles. The summed E-state index contributed by atoms with van der Waals surface area (Å²) in [4.78, 5) is 36.0. The largest absolute Gasteiger partial charge is 0.321 e. The molecule has 1 aliphatic carbocycles. The zero-order valence-electron chi connectivity index (χ0n) is 13.8. The van der Waals surface area contributed by atoms with Crippen LogP contribution in [0.1, 0.15) is 29.6 Å². The van der Waals surface area contributed by atoms with Gasteiger partial charge in [-0.3, -0.25) is 19.7 Å². The van der Waals surface area contributed by atoms with Gasteiger partial charge in [-0.15, -0.1) is 0 Å². The Morgan fingerprint density at radius 1 is 1.08 bits per heavy atom. The van der Waals surface area contributed by atoms with E-state index in [2.05, 4.69) is 5.32 Å². The highest BCUT2D eigenvalue weighted by Gasteiger charge is 2.15. The van der Waals surface area contributed by atoms with Gasteiger partial charge in [0.1, 0.15) is 0 Å². The molecule has 132 valence electrons. The second-order valence-electron chi connectivity index (χ2n) is 5.79. The number of carbonyl (C=O) groups excluding carboxylic acids is 2. The maximum absolute atomic E-state index is 12.4. The number of nitrogens with zero attached hydrogens (tertiary/aromatic N) is 1. The van der Waals surface area contributed by atoms with E-state index in [4.69, 9.17) is 0 Å². The molecular weight excluding hydrogens is 352 g/mol. The van der Waals surface area contributed by atoms with Gasteiger partial charge in [-0.05, 0) is 48.1 Å². The van der Waals surface area contributed by atoms with Crippen molar-refractivity contribution in [2.75, 3.05) is 5.32 Å². The molecule has 7 heteroatoms. The van der Waals surface area contributed by atoms with Crippen LogP contribution in [0, 0.1) is 10.1 Å². The van der Waals surface area contributed by atoms with Crippen molar-refractivity contribution < 1.29 is 14.5 Å². The Hall–Kier alpha value is -2.93. The van der Waals surface area contributed by atoms with E-state index in [1.165, 1.54) is 36.0 Å². The fourth-order valence-electron chi connectivity index (χ4n) is 2.57. The summed E-state index contributed by atoms with van der Waals surface area (Å²) in [6, 6.07) is 12.8. The van der Waals surface area contributed by atoms with Crippen LogP contribution in [-0.2, 0) is 4.79 Å². The second kappa shape index (κ2) is 7.97. The maximum Gasteiger partial charge on any atom is 0.269 e. The summed E-state index contributed by atoms with van der Waals surface area (Å²) < 4.78 is 0. The lowest BCUT2D eigenvalue weighted by molar-refractivity contribution is -0.384. The van der Waals surface area contributed by atoms with Gasteiger partial charge in [-0.1, -0.05) is 23.9 Å². The fourth-order valence-corrected chi connectivity index (χ4v) is 3.67. The molecule has 0 radical (unpaired) electrons. The summed E-state index contributed by atoms with van der Waals surface area (Å²) in [5.41, 5.74) is 0.911. The molecule has 0 spiro atoms. The van der Waals surface area contributed by atoms with Crippen LogP contribution in [0.25, 0.3) is 0 Å². The third-order valence-corrected chi connectivity index (χ3v) is 5.05. The van der Waals surface area contributed by atoms with E-state index in [-0.39, 0.29) is 17.4 Å². The topological polar surface area (TPSA) is 89.3 Å². The number of nitro groups is 1. The van der Waals surface area contributed by atoms with Crippen molar-refractivity contribution in [3.8, 4) is 0 Å². The molecule has 0 unspecified atom stereocenters.